The van der Waals surface area contributed by atoms with Gasteiger partial charge in [0, 0.05) is 0 Å². The standard InChI is InChI=1S/C13H9ClF3NO2/c1-6-5-9(7(2)20-6)11(19)8-3-4-10(13(15,16)17)18-12(8)14/h3-5H,1-2H3. The molecule has 0 aliphatic carbocycles. The molecule has 0 N–H and O–H groups in total. The average Bonchev–Trinajstić information content (AvgIpc) is 2.66. The summed E-state index contributed by atoms with van der Waals surface area (Å²) in [6.07, 6.45) is -4.60. The topological polar surface area (TPSA) is 43.1 Å². The molecule has 0 unspecified atom stereocenters. The van der Waals surface area contributed by atoms with E-state index in [1.54, 1.807) is 13.8 Å². The van der Waals surface area contributed by atoms with Crippen molar-refractivity contribution in [3.05, 3.63) is 51.7 Å². The van der Waals surface area contributed by atoms with Crippen LogP contribution in [-0.2, 0) is 6.18 Å². The first kappa shape index (κ1) is 14.6. The number of hydrogen-bond donors (Lipinski definition) is 0. The van der Waals surface area contributed by atoms with Crippen LogP contribution in [0, 0.1) is 13.8 Å². The Labute approximate surface area is 117 Å². The molecule has 0 saturated heterocycles. The van der Waals surface area contributed by atoms with Crippen molar-refractivity contribution < 1.29 is 22.4 Å². The Morgan fingerprint density at radius 1 is 1.25 bits per heavy atom. The third-order valence-electron chi connectivity index (χ3n) is 2.67. The van der Waals surface area contributed by atoms with E-state index in [0.717, 1.165) is 12.1 Å². The fourth-order valence-electron chi connectivity index (χ4n) is 1.76. The fraction of sp³-hybridized carbons (Fsp3) is 0.231. The molecule has 0 amide bonds. The molecule has 2 rings (SSSR count). The van der Waals surface area contributed by atoms with Crippen molar-refractivity contribution in [2.75, 3.05) is 0 Å². The van der Waals surface area contributed by atoms with E-state index in [-0.39, 0.29) is 11.1 Å². The van der Waals surface area contributed by atoms with Gasteiger partial charge in [-0.25, -0.2) is 4.98 Å². The number of carbonyl (C=O) groups is 1. The van der Waals surface area contributed by atoms with Gasteiger partial charge in [0.05, 0.1) is 11.1 Å². The first-order chi connectivity index (χ1) is 9.20. The van der Waals surface area contributed by atoms with Crippen LogP contribution in [0.5, 0.6) is 0 Å². The van der Waals surface area contributed by atoms with Crippen molar-refractivity contribution in [3.8, 4) is 0 Å². The lowest BCUT2D eigenvalue weighted by Gasteiger charge is -2.08. The maximum Gasteiger partial charge on any atom is 0.433 e. The second kappa shape index (κ2) is 4.94. The van der Waals surface area contributed by atoms with Gasteiger partial charge >= 0.3 is 6.18 Å². The van der Waals surface area contributed by atoms with Crippen LogP contribution in [0.25, 0.3) is 0 Å². The number of carbonyl (C=O) groups excluding carboxylic acids is 1. The largest absolute Gasteiger partial charge is 0.466 e. The normalized spacial score (nSPS) is 11.7. The van der Waals surface area contributed by atoms with Crippen LogP contribution in [0.15, 0.2) is 22.6 Å². The van der Waals surface area contributed by atoms with Crippen LogP contribution < -0.4 is 0 Å². The molecule has 0 aliphatic rings. The Kier molecular flexibility index (Phi) is 3.60. The average molecular weight is 304 g/mol. The molecule has 0 atom stereocenters. The number of hydrogen-bond acceptors (Lipinski definition) is 3. The second-order valence-corrected chi connectivity index (χ2v) is 4.55. The summed E-state index contributed by atoms with van der Waals surface area (Å²) in [5.74, 6) is 0.385. The first-order valence-electron chi connectivity index (χ1n) is 5.55. The van der Waals surface area contributed by atoms with Crippen LogP contribution in [0.2, 0.25) is 5.15 Å². The molecular formula is C13H9ClF3NO2. The lowest BCUT2D eigenvalue weighted by atomic mass is 10.1. The van der Waals surface area contributed by atoms with E-state index in [1.165, 1.54) is 6.07 Å². The molecule has 7 heteroatoms. The van der Waals surface area contributed by atoms with Crippen LogP contribution in [0.3, 0.4) is 0 Å². The molecule has 20 heavy (non-hydrogen) atoms. The summed E-state index contributed by atoms with van der Waals surface area (Å²) in [4.78, 5) is 15.4. The summed E-state index contributed by atoms with van der Waals surface area (Å²) < 4.78 is 42.6. The highest BCUT2D eigenvalue weighted by Gasteiger charge is 2.33. The molecule has 0 aromatic carbocycles. The fourth-order valence-corrected chi connectivity index (χ4v) is 2.00. The molecule has 0 saturated carbocycles. The van der Waals surface area contributed by atoms with E-state index in [2.05, 4.69) is 4.98 Å². The number of aromatic nitrogens is 1. The molecule has 0 aliphatic heterocycles. The molecule has 2 aromatic rings. The lowest BCUT2D eigenvalue weighted by molar-refractivity contribution is -0.141. The monoisotopic (exact) mass is 303 g/mol. The number of pyridine rings is 1. The van der Waals surface area contributed by atoms with E-state index >= 15 is 0 Å². The molecule has 0 spiro atoms. The minimum Gasteiger partial charge on any atom is -0.466 e. The van der Waals surface area contributed by atoms with Crippen LogP contribution in [0.1, 0.15) is 33.1 Å². The number of nitrogens with zero attached hydrogens (tertiary/aromatic N) is 1. The summed E-state index contributed by atoms with van der Waals surface area (Å²) in [5, 5.41) is -0.483. The van der Waals surface area contributed by atoms with Crippen molar-refractivity contribution >= 4 is 17.4 Å². The highest BCUT2D eigenvalue weighted by molar-refractivity contribution is 6.33. The molecule has 3 nitrogen and oxygen atoms in total. The van der Waals surface area contributed by atoms with Crippen LogP contribution in [0.4, 0.5) is 13.2 Å². The Morgan fingerprint density at radius 2 is 1.90 bits per heavy atom. The highest BCUT2D eigenvalue weighted by atomic mass is 35.5. The number of halogens is 4. The quantitative estimate of drug-likeness (QED) is 0.617. The zero-order chi connectivity index (χ0) is 15.1. The molecule has 2 heterocycles. The maximum atomic E-state index is 12.5. The molecular weight excluding hydrogens is 295 g/mol. The van der Waals surface area contributed by atoms with E-state index in [1.807, 2.05) is 0 Å². The van der Waals surface area contributed by atoms with Gasteiger partial charge < -0.3 is 4.42 Å². The highest BCUT2D eigenvalue weighted by Crippen LogP contribution is 2.30. The smallest absolute Gasteiger partial charge is 0.433 e. The van der Waals surface area contributed by atoms with E-state index in [4.69, 9.17) is 16.0 Å². The number of furan rings is 1. The summed E-state index contributed by atoms with van der Waals surface area (Å²) in [5.41, 5.74) is -0.978. The number of ketones is 1. The first-order valence-corrected chi connectivity index (χ1v) is 5.93. The summed E-state index contributed by atoms with van der Waals surface area (Å²) >= 11 is 5.68. The second-order valence-electron chi connectivity index (χ2n) is 4.19. The van der Waals surface area contributed by atoms with Crippen LogP contribution >= 0.6 is 11.6 Å². The van der Waals surface area contributed by atoms with Gasteiger partial charge in [0.1, 0.15) is 22.4 Å². The minimum atomic E-state index is -4.60. The predicted octanol–water partition coefficient (Wildman–Crippen LogP) is 4.19. The van der Waals surface area contributed by atoms with Gasteiger partial charge in [-0.2, -0.15) is 13.2 Å². The minimum absolute atomic E-state index is 0.0939. The van der Waals surface area contributed by atoms with Crippen molar-refractivity contribution in [2.45, 2.75) is 20.0 Å². The summed E-state index contributed by atoms with van der Waals surface area (Å²) in [7, 11) is 0. The molecule has 2 aromatic heterocycles. The van der Waals surface area contributed by atoms with Crippen molar-refractivity contribution in [3.63, 3.8) is 0 Å². The summed E-state index contributed by atoms with van der Waals surface area (Å²) in [6.45, 7) is 3.25. The maximum absolute atomic E-state index is 12.5. The van der Waals surface area contributed by atoms with Crippen molar-refractivity contribution in [1.82, 2.24) is 4.98 Å². The van der Waals surface area contributed by atoms with Gasteiger partial charge in [-0.1, -0.05) is 11.6 Å². The van der Waals surface area contributed by atoms with E-state index in [9.17, 15) is 18.0 Å². The number of rotatable bonds is 2. The number of alkyl halides is 3. The van der Waals surface area contributed by atoms with Crippen LogP contribution in [-0.4, -0.2) is 10.8 Å². The molecule has 0 bridgehead atoms. The molecule has 106 valence electrons. The Balaban J connectivity index is 2.44. The van der Waals surface area contributed by atoms with E-state index in [0.29, 0.717) is 11.5 Å². The zero-order valence-electron chi connectivity index (χ0n) is 10.5. The third-order valence-corrected chi connectivity index (χ3v) is 2.96. The Bertz CT molecular complexity index is 677. The third kappa shape index (κ3) is 2.70. The number of aryl methyl sites for hydroxylation is 2. The van der Waals surface area contributed by atoms with Crippen molar-refractivity contribution in [2.24, 2.45) is 0 Å². The SMILES string of the molecule is Cc1cc(C(=O)c2ccc(C(F)(F)F)nc2Cl)c(C)o1. The molecule has 0 fully saturated rings. The van der Waals surface area contributed by atoms with Gasteiger partial charge in [0.2, 0.25) is 0 Å². The van der Waals surface area contributed by atoms with Gasteiger partial charge in [-0.15, -0.1) is 0 Å². The van der Waals surface area contributed by atoms with Gasteiger partial charge in [-0.05, 0) is 32.0 Å². The van der Waals surface area contributed by atoms with Crippen molar-refractivity contribution in [1.29, 1.82) is 0 Å². The Morgan fingerprint density at radius 3 is 2.35 bits per heavy atom. The van der Waals surface area contributed by atoms with Gasteiger partial charge in [0.15, 0.2) is 5.78 Å². The zero-order valence-corrected chi connectivity index (χ0v) is 11.3. The summed E-state index contributed by atoms with van der Waals surface area (Å²) in [6, 6.07) is 3.25. The van der Waals surface area contributed by atoms with Gasteiger partial charge in [-0.3, -0.25) is 4.79 Å². The lowest BCUT2D eigenvalue weighted by Crippen LogP contribution is -2.11. The van der Waals surface area contributed by atoms with Gasteiger partial charge in [0.25, 0.3) is 0 Å². The molecule has 0 radical (unpaired) electrons. The van der Waals surface area contributed by atoms with E-state index < -0.39 is 22.8 Å². The Hall–Kier alpha value is -1.82. The predicted molar refractivity (Wildman–Crippen MR) is 65.9 cm³/mol.